The summed E-state index contributed by atoms with van der Waals surface area (Å²) in [5, 5.41) is 3.63. The van der Waals surface area contributed by atoms with Crippen LogP contribution in [0.2, 0.25) is 0 Å². The summed E-state index contributed by atoms with van der Waals surface area (Å²) in [6.07, 6.45) is 0.348. The number of carbonyl (C=O) groups is 3. The van der Waals surface area contributed by atoms with Crippen molar-refractivity contribution in [3.05, 3.63) is 59.8 Å². The molecule has 2 aromatic carbocycles. The number of aromatic amines is 1. The van der Waals surface area contributed by atoms with Crippen LogP contribution in [0.15, 0.2) is 48.5 Å². The Morgan fingerprint density at radius 1 is 1.10 bits per heavy atom. The second-order valence-corrected chi connectivity index (χ2v) is 11.0. The molecule has 2 amide bonds. The third-order valence-corrected chi connectivity index (χ3v) is 6.60. The van der Waals surface area contributed by atoms with Crippen LogP contribution in [0.25, 0.3) is 10.9 Å². The normalized spacial score (nSPS) is 15.3. The van der Waals surface area contributed by atoms with E-state index in [9.17, 15) is 14.4 Å². The third kappa shape index (κ3) is 7.68. The van der Waals surface area contributed by atoms with Crippen LogP contribution in [-0.4, -0.2) is 78.7 Å². The van der Waals surface area contributed by atoms with Crippen molar-refractivity contribution < 1.29 is 23.9 Å². The van der Waals surface area contributed by atoms with Gasteiger partial charge in [0.2, 0.25) is 11.8 Å². The fraction of sp³-hybridized carbons (Fsp3) is 0.433. The van der Waals surface area contributed by atoms with Gasteiger partial charge in [-0.1, -0.05) is 12.1 Å². The molecule has 10 nitrogen and oxygen atoms in total. The number of fused-ring (bicyclic) bond motifs is 1. The van der Waals surface area contributed by atoms with Crippen molar-refractivity contribution >= 4 is 40.1 Å². The molecule has 1 aliphatic rings. The zero-order valence-corrected chi connectivity index (χ0v) is 23.7. The number of amides is 2. The van der Waals surface area contributed by atoms with E-state index in [1.807, 2.05) is 52.0 Å². The van der Waals surface area contributed by atoms with E-state index in [0.29, 0.717) is 44.1 Å². The van der Waals surface area contributed by atoms with Gasteiger partial charge in [-0.15, -0.1) is 0 Å². The first-order chi connectivity index (χ1) is 19.0. The number of nitrogens with one attached hydrogen (secondary N) is 2. The number of ether oxygens (including phenoxy) is 2. The Morgan fingerprint density at radius 3 is 2.52 bits per heavy atom. The average Bonchev–Trinajstić information content (AvgIpc) is 3.32. The van der Waals surface area contributed by atoms with Crippen molar-refractivity contribution in [2.75, 3.05) is 49.6 Å². The fourth-order valence-corrected chi connectivity index (χ4v) is 4.57. The molecule has 0 spiro atoms. The molecule has 1 saturated heterocycles. The Labute approximate surface area is 234 Å². The van der Waals surface area contributed by atoms with Gasteiger partial charge in [0.25, 0.3) is 0 Å². The maximum atomic E-state index is 12.8. The van der Waals surface area contributed by atoms with Gasteiger partial charge >= 0.3 is 5.97 Å². The molecule has 3 aromatic rings. The van der Waals surface area contributed by atoms with Gasteiger partial charge in [0.15, 0.2) is 0 Å². The second-order valence-electron chi connectivity index (χ2n) is 11.0. The van der Waals surface area contributed by atoms with E-state index >= 15 is 0 Å². The number of carbonyl (C=O) groups excluding carboxylic acids is 3. The summed E-state index contributed by atoms with van der Waals surface area (Å²) >= 11 is 0. The van der Waals surface area contributed by atoms with E-state index in [2.05, 4.69) is 15.2 Å². The van der Waals surface area contributed by atoms with E-state index < -0.39 is 17.6 Å². The standard InChI is InChI=1S/C30H39N5O5/c1-5-39-15-14-34-12-13-35(27(36)19-34)23-9-6-20(7-10-23)16-24(31)28(37)32-22-8-11-25-21(17-22)18-26(33-25)29(38)40-30(2,3)4/h6-11,17-18,24,33H,5,12-16,19,31H2,1-4H3,(H,32,37). The number of nitrogens with zero attached hydrogens (tertiary/aromatic N) is 2. The molecular formula is C30H39N5O5. The minimum absolute atomic E-state index is 0.0594. The van der Waals surface area contributed by atoms with Gasteiger partial charge in [0, 0.05) is 48.5 Å². The molecule has 1 aliphatic heterocycles. The SMILES string of the molecule is CCOCCN1CCN(c2ccc(CC(N)C(=O)Nc3ccc4[nH]c(C(=O)OC(C)(C)C)cc4c3)cc2)C(=O)C1. The molecule has 214 valence electrons. The lowest BCUT2D eigenvalue weighted by Crippen LogP contribution is -2.51. The Morgan fingerprint density at radius 2 is 1.85 bits per heavy atom. The monoisotopic (exact) mass is 549 g/mol. The van der Waals surface area contributed by atoms with Gasteiger partial charge in [-0.05, 0) is 76.1 Å². The number of benzene rings is 2. The van der Waals surface area contributed by atoms with Gasteiger partial charge < -0.3 is 30.4 Å². The van der Waals surface area contributed by atoms with E-state index in [1.54, 1.807) is 29.2 Å². The maximum absolute atomic E-state index is 12.8. The highest BCUT2D eigenvalue weighted by atomic mass is 16.6. The number of hydrogen-bond acceptors (Lipinski definition) is 7. The summed E-state index contributed by atoms with van der Waals surface area (Å²) < 4.78 is 10.8. The molecule has 4 rings (SSSR count). The van der Waals surface area contributed by atoms with Crippen LogP contribution in [0.4, 0.5) is 11.4 Å². The van der Waals surface area contributed by atoms with Crippen molar-refractivity contribution in [1.29, 1.82) is 0 Å². The van der Waals surface area contributed by atoms with Crippen LogP contribution in [0.5, 0.6) is 0 Å². The summed E-state index contributed by atoms with van der Waals surface area (Å²) in [6.45, 7) is 11.2. The molecule has 1 fully saturated rings. The molecule has 1 atom stereocenters. The Hall–Kier alpha value is -3.73. The molecule has 0 bridgehead atoms. The number of piperazine rings is 1. The number of nitrogens with two attached hydrogens (primary N) is 1. The van der Waals surface area contributed by atoms with Gasteiger partial charge in [-0.25, -0.2) is 4.79 Å². The third-order valence-electron chi connectivity index (χ3n) is 6.60. The number of rotatable bonds is 10. The topological polar surface area (TPSA) is 130 Å². The molecule has 0 radical (unpaired) electrons. The quantitative estimate of drug-likeness (QED) is 0.261. The van der Waals surface area contributed by atoms with Crippen LogP contribution >= 0.6 is 0 Å². The molecule has 0 saturated carbocycles. The lowest BCUT2D eigenvalue weighted by Gasteiger charge is -2.34. The number of H-pyrrole nitrogens is 1. The zero-order valence-electron chi connectivity index (χ0n) is 23.7. The summed E-state index contributed by atoms with van der Waals surface area (Å²) in [4.78, 5) is 44.8. The summed E-state index contributed by atoms with van der Waals surface area (Å²) in [7, 11) is 0. The van der Waals surface area contributed by atoms with Gasteiger partial charge in [0.1, 0.15) is 11.3 Å². The first-order valence-electron chi connectivity index (χ1n) is 13.6. The molecule has 2 heterocycles. The second kappa shape index (κ2) is 12.6. The highest BCUT2D eigenvalue weighted by molar-refractivity contribution is 5.99. The van der Waals surface area contributed by atoms with Crippen molar-refractivity contribution in [1.82, 2.24) is 9.88 Å². The van der Waals surface area contributed by atoms with Crippen molar-refractivity contribution in [2.45, 2.75) is 45.8 Å². The van der Waals surface area contributed by atoms with Crippen LogP contribution in [-0.2, 0) is 25.5 Å². The highest BCUT2D eigenvalue weighted by Crippen LogP contribution is 2.23. The Bertz CT molecular complexity index is 1340. The number of esters is 1. The molecule has 40 heavy (non-hydrogen) atoms. The predicted molar refractivity (Wildman–Crippen MR) is 156 cm³/mol. The van der Waals surface area contributed by atoms with E-state index in [-0.39, 0.29) is 11.8 Å². The van der Waals surface area contributed by atoms with Crippen molar-refractivity contribution in [3.8, 4) is 0 Å². The van der Waals surface area contributed by atoms with Crippen LogP contribution < -0.4 is 16.0 Å². The largest absolute Gasteiger partial charge is 0.455 e. The smallest absolute Gasteiger partial charge is 0.355 e. The number of aromatic nitrogens is 1. The number of hydrogen-bond donors (Lipinski definition) is 3. The molecule has 1 aromatic heterocycles. The fourth-order valence-electron chi connectivity index (χ4n) is 4.57. The molecule has 4 N–H and O–H groups in total. The van der Waals surface area contributed by atoms with Gasteiger partial charge in [-0.3, -0.25) is 14.5 Å². The Balaban J connectivity index is 1.31. The summed E-state index contributed by atoms with van der Waals surface area (Å²) in [6, 6.07) is 13.9. The molecular weight excluding hydrogens is 510 g/mol. The van der Waals surface area contributed by atoms with E-state index in [1.165, 1.54) is 0 Å². The Kier molecular flexibility index (Phi) is 9.24. The van der Waals surface area contributed by atoms with E-state index in [4.69, 9.17) is 15.2 Å². The molecule has 10 heteroatoms. The summed E-state index contributed by atoms with van der Waals surface area (Å²) in [5.74, 6) is -0.694. The van der Waals surface area contributed by atoms with Crippen molar-refractivity contribution in [2.24, 2.45) is 5.73 Å². The highest BCUT2D eigenvalue weighted by Gasteiger charge is 2.25. The van der Waals surface area contributed by atoms with Crippen molar-refractivity contribution in [3.63, 3.8) is 0 Å². The molecule has 0 aliphatic carbocycles. The summed E-state index contributed by atoms with van der Waals surface area (Å²) in [5.41, 5.74) is 9.04. The lowest BCUT2D eigenvalue weighted by molar-refractivity contribution is -0.121. The van der Waals surface area contributed by atoms with Crippen LogP contribution in [0.1, 0.15) is 43.7 Å². The minimum Gasteiger partial charge on any atom is -0.455 e. The first-order valence-corrected chi connectivity index (χ1v) is 13.6. The molecule has 1 unspecified atom stereocenters. The van der Waals surface area contributed by atoms with Crippen LogP contribution in [0, 0.1) is 0 Å². The average molecular weight is 550 g/mol. The number of anilines is 2. The van der Waals surface area contributed by atoms with Gasteiger partial charge in [0.05, 0.1) is 19.2 Å². The first kappa shape index (κ1) is 29.3. The predicted octanol–water partition coefficient (Wildman–Crippen LogP) is 3.32. The van der Waals surface area contributed by atoms with Gasteiger partial charge in [-0.2, -0.15) is 0 Å². The maximum Gasteiger partial charge on any atom is 0.355 e. The lowest BCUT2D eigenvalue weighted by atomic mass is 10.0. The minimum atomic E-state index is -0.763. The zero-order chi connectivity index (χ0) is 28.9. The van der Waals surface area contributed by atoms with E-state index in [0.717, 1.165) is 35.2 Å². The van der Waals surface area contributed by atoms with Crippen LogP contribution in [0.3, 0.4) is 0 Å².